The van der Waals surface area contributed by atoms with Crippen molar-refractivity contribution in [1.82, 2.24) is 0 Å². The highest BCUT2D eigenvalue weighted by atomic mass is 35.5. The predicted molar refractivity (Wildman–Crippen MR) is 66.9 cm³/mol. The lowest BCUT2D eigenvalue weighted by Gasteiger charge is -2.28. The Bertz CT molecular complexity index is 363. The van der Waals surface area contributed by atoms with Crippen LogP contribution in [0.4, 0.5) is 0 Å². The van der Waals surface area contributed by atoms with Crippen molar-refractivity contribution in [3.63, 3.8) is 0 Å². The van der Waals surface area contributed by atoms with Crippen LogP contribution >= 0.6 is 11.6 Å². The van der Waals surface area contributed by atoms with Crippen molar-refractivity contribution in [2.75, 3.05) is 7.11 Å². The first kappa shape index (κ1) is 11.7. The molecule has 16 heavy (non-hydrogen) atoms. The summed E-state index contributed by atoms with van der Waals surface area (Å²) in [4.78, 5) is 0. The molecule has 0 aromatic heterocycles. The van der Waals surface area contributed by atoms with Gasteiger partial charge in [0, 0.05) is 6.04 Å². The molecule has 0 aliphatic heterocycles. The number of ether oxygens (including phenoxy) is 1. The number of nitrogens with two attached hydrogens (primary N) is 1. The Kier molecular flexibility index (Phi) is 3.72. The van der Waals surface area contributed by atoms with E-state index in [4.69, 9.17) is 22.1 Å². The maximum absolute atomic E-state index is 6.18. The van der Waals surface area contributed by atoms with E-state index < -0.39 is 0 Å². The highest BCUT2D eigenvalue weighted by molar-refractivity contribution is 6.32. The first-order valence-corrected chi connectivity index (χ1v) is 6.17. The van der Waals surface area contributed by atoms with Crippen molar-refractivity contribution in [1.29, 1.82) is 0 Å². The Hall–Kier alpha value is -0.730. The van der Waals surface area contributed by atoms with Crippen molar-refractivity contribution in [3.05, 3.63) is 28.8 Å². The topological polar surface area (TPSA) is 35.2 Å². The summed E-state index contributed by atoms with van der Waals surface area (Å²) >= 11 is 5.98. The summed E-state index contributed by atoms with van der Waals surface area (Å²) in [6.07, 6.45) is 5.10. The zero-order valence-electron chi connectivity index (χ0n) is 9.58. The minimum Gasteiger partial charge on any atom is -0.495 e. The van der Waals surface area contributed by atoms with Gasteiger partial charge in [-0.3, -0.25) is 0 Å². The van der Waals surface area contributed by atoms with Gasteiger partial charge in [-0.05, 0) is 30.0 Å². The van der Waals surface area contributed by atoms with E-state index in [9.17, 15) is 0 Å². The maximum Gasteiger partial charge on any atom is 0.137 e. The number of hydrogen-bond acceptors (Lipinski definition) is 2. The standard InChI is InChI=1S/C13H18ClNO/c1-16-13-8-10(5-6-11(13)14)12(15)7-9-3-2-4-9/h5-6,8-9,12H,2-4,7,15H2,1H3. The van der Waals surface area contributed by atoms with E-state index in [0.29, 0.717) is 10.8 Å². The SMILES string of the molecule is COc1cc(C(N)CC2CCC2)ccc1Cl. The van der Waals surface area contributed by atoms with E-state index in [0.717, 1.165) is 17.9 Å². The smallest absolute Gasteiger partial charge is 0.137 e. The van der Waals surface area contributed by atoms with Gasteiger partial charge in [0.1, 0.15) is 5.75 Å². The fourth-order valence-corrected chi connectivity index (χ4v) is 2.33. The van der Waals surface area contributed by atoms with Crippen LogP contribution in [0.2, 0.25) is 5.02 Å². The number of hydrogen-bond donors (Lipinski definition) is 1. The lowest BCUT2D eigenvalue weighted by Crippen LogP contribution is -2.20. The molecule has 0 spiro atoms. The molecule has 2 nitrogen and oxygen atoms in total. The zero-order valence-corrected chi connectivity index (χ0v) is 10.3. The summed E-state index contributed by atoms with van der Waals surface area (Å²) in [5.74, 6) is 1.53. The third kappa shape index (κ3) is 2.50. The predicted octanol–water partition coefficient (Wildman–Crippen LogP) is 3.54. The minimum atomic E-state index is 0.108. The molecular formula is C13H18ClNO. The fraction of sp³-hybridized carbons (Fsp3) is 0.538. The van der Waals surface area contributed by atoms with Gasteiger partial charge in [-0.15, -0.1) is 0 Å². The summed E-state index contributed by atoms with van der Waals surface area (Å²) in [5, 5.41) is 0.641. The summed E-state index contributed by atoms with van der Waals surface area (Å²) in [6.45, 7) is 0. The van der Waals surface area contributed by atoms with Gasteiger partial charge in [-0.2, -0.15) is 0 Å². The number of benzene rings is 1. The van der Waals surface area contributed by atoms with Gasteiger partial charge < -0.3 is 10.5 Å². The molecule has 1 aromatic rings. The molecule has 1 aromatic carbocycles. The monoisotopic (exact) mass is 239 g/mol. The van der Waals surface area contributed by atoms with Gasteiger partial charge in [0.05, 0.1) is 12.1 Å². The van der Waals surface area contributed by atoms with Crippen molar-refractivity contribution in [2.45, 2.75) is 31.7 Å². The molecule has 1 atom stereocenters. The molecule has 1 fully saturated rings. The van der Waals surface area contributed by atoms with Gasteiger partial charge in [-0.1, -0.05) is 36.9 Å². The Morgan fingerprint density at radius 2 is 2.25 bits per heavy atom. The molecule has 0 bridgehead atoms. The van der Waals surface area contributed by atoms with Crippen molar-refractivity contribution < 1.29 is 4.74 Å². The van der Waals surface area contributed by atoms with Crippen molar-refractivity contribution in [3.8, 4) is 5.75 Å². The lowest BCUT2D eigenvalue weighted by molar-refractivity contribution is 0.277. The second-order valence-electron chi connectivity index (χ2n) is 4.53. The van der Waals surface area contributed by atoms with Crippen LogP contribution in [0.25, 0.3) is 0 Å². The molecule has 0 heterocycles. The lowest BCUT2D eigenvalue weighted by atomic mass is 9.80. The Morgan fingerprint density at radius 1 is 1.50 bits per heavy atom. The van der Waals surface area contributed by atoms with Crippen LogP contribution in [0.3, 0.4) is 0 Å². The van der Waals surface area contributed by atoms with Gasteiger partial charge in [0.2, 0.25) is 0 Å². The second-order valence-corrected chi connectivity index (χ2v) is 4.94. The third-order valence-corrected chi connectivity index (χ3v) is 3.73. The van der Waals surface area contributed by atoms with Crippen LogP contribution in [0.15, 0.2) is 18.2 Å². The van der Waals surface area contributed by atoms with Crippen LogP contribution in [0, 0.1) is 5.92 Å². The van der Waals surface area contributed by atoms with Crippen LogP contribution in [-0.2, 0) is 0 Å². The average Bonchev–Trinajstić information content (AvgIpc) is 2.24. The molecule has 1 aliphatic rings. The average molecular weight is 240 g/mol. The Labute approximate surface area is 102 Å². The van der Waals surface area contributed by atoms with E-state index in [1.54, 1.807) is 7.11 Å². The first-order valence-electron chi connectivity index (χ1n) is 5.79. The molecule has 0 amide bonds. The summed E-state index contributed by atoms with van der Waals surface area (Å²) in [5.41, 5.74) is 7.30. The Morgan fingerprint density at radius 3 is 2.81 bits per heavy atom. The third-order valence-electron chi connectivity index (χ3n) is 3.42. The van der Waals surface area contributed by atoms with E-state index in [2.05, 4.69) is 0 Å². The van der Waals surface area contributed by atoms with E-state index in [-0.39, 0.29) is 6.04 Å². The second kappa shape index (κ2) is 5.07. The van der Waals surface area contributed by atoms with Gasteiger partial charge in [0.15, 0.2) is 0 Å². The van der Waals surface area contributed by atoms with Gasteiger partial charge in [0.25, 0.3) is 0 Å². The molecule has 0 saturated heterocycles. The highest BCUT2D eigenvalue weighted by Gasteiger charge is 2.21. The summed E-state index contributed by atoms with van der Waals surface area (Å²) < 4.78 is 5.19. The van der Waals surface area contributed by atoms with Crippen molar-refractivity contribution in [2.24, 2.45) is 11.7 Å². The summed E-state index contributed by atoms with van der Waals surface area (Å²) in [7, 11) is 1.63. The van der Waals surface area contributed by atoms with Gasteiger partial charge in [-0.25, -0.2) is 0 Å². The van der Waals surface area contributed by atoms with Crippen LogP contribution < -0.4 is 10.5 Å². The molecule has 2 rings (SSSR count). The molecule has 88 valence electrons. The summed E-state index contributed by atoms with van der Waals surface area (Å²) in [6, 6.07) is 5.91. The number of halogens is 1. The largest absolute Gasteiger partial charge is 0.495 e. The van der Waals surface area contributed by atoms with Gasteiger partial charge >= 0.3 is 0 Å². The van der Waals surface area contributed by atoms with Crippen LogP contribution in [-0.4, -0.2) is 7.11 Å². The molecule has 1 aliphatic carbocycles. The fourth-order valence-electron chi connectivity index (χ4n) is 2.13. The first-order chi connectivity index (χ1) is 7.70. The molecule has 1 saturated carbocycles. The highest BCUT2D eigenvalue weighted by Crippen LogP contribution is 2.35. The molecule has 0 radical (unpaired) electrons. The Balaban J connectivity index is 2.06. The number of methoxy groups -OCH3 is 1. The molecule has 1 unspecified atom stereocenters. The van der Waals surface area contributed by atoms with Crippen LogP contribution in [0.1, 0.15) is 37.3 Å². The number of rotatable bonds is 4. The maximum atomic E-state index is 6.18. The van der Waals surface area contributed by atoms with E-state index in [1.807, 2.05) is 18.2 Å². The normalized spacial score (nSPS) is 17.9. The van der Waals surface area contributed by atoms with E-state index >= 15 is 0 Å². The molecule has 3 heteroatoms. The zero-order chi connectivity index (χ0) is 11.5. The quantitative estimate of drug-likeness (QED) is 0.872. The van der Waals surface area contributed by atoms with Crippen LogP contribution in [0.5, 0.6) is 5.75 Å². The van der Waals surface area contributed by atoms with Crippen molar-refractivity contribution >= 4 is 11.6 Å². The molecule has 2 N–H and O–H groups in total. The minimum absolute atomic E-state index is 0.108. The van der Waals surface area contributed by atoms with E-state index in [1.165, 1.54) is 19.3 Å². The molecular weight excluding hydrogens is 222 g/mol.